The minimum atomic E-state index is -0.0425. The standard InChI is InChI=1S/C20H22N2O2/c1-3-11-22-18-10-9-17(12-19(18)24-14-20(22)23)21-13-16-7-5-15(4-2)6-8-16/h3,5-10,12,21H,1,4,11,13-14H2,2H3. The summed E-state index contributed by atoms with van der Waals surface area (Å²) in [6, 6.07) is 14.4. The molecule has 0 spiro atoms. The van der Waals surface area contributed by atoms with Crippen LogP contribution in [0.15, 0.2) is 55.1 Å². The molecule has 0 bridgehead atoms. The van der Waals surface area contributed by atoms with E-state index in [0.717, 1.165) is 30.1 Å². The molecule has 1 amide bonds. The number of nitrogens with one attached hydrogen (secondary N) is 1. The predicted molar refractivity (Wildman–Crippen MR) is 97.6 cm³/mol. The van der Waals surface area contributed by atoms with E-state index in [-0.39, 0.29) is 12.5 Å². The van der Waals surface area contributed by atoms with Gasteiger partial charge >= 0.3 is 0 Å². The highest BCUT2D eigenvalue weighted by molar-refractivity contribution is 5.98. The van der Waals surface area contributed by atoms with Crippen LogP contribution in [-0.4, -0.2) is 19.1 Å². The Labute approximate surface area is 142 Å². The molecule has 4 heteroatoms. The predicted octanol–water partition coefficient (Wildman–Crippen LogP) is 3.77. The molecule has 124 valence electrons. The molecule has 0 radical (unpaired) electrons. The van der Waals surface area contributed by atoms with Crippen LogP contribution >= 0.6 is 0 Å². The van der Waals surface area contributed by atoms with Crippen LogP contribution < -0.4 is 15.0 Å². The lowest BCUT2D eigenvalue weighted by molar-refractivity contribution is -0.121. The van der Waals surface area contributed by atoms with Gasteiger partial charge in [-0.15, -0.1) is 6.58 Å². The fraction of sp³-hybridized carbons (Fsp3) is 0.250. The van der Waals surface area contributed by atoms with Crippen molar-refractivity contribution in [2.24, 2.45) is 0 Å². The van der Waals surface area contributed by atoms with Crippen LogP contribution in [0.25, 0.3) is 0 Å². The first-order chi connectivity index (χ1) is 11.7. The lowest BCUT2D eigenvalue weighted by Crippen LogP contribution is -2.38. The number of carbonyl (C=O) groups excluding carboxylic acids is 1. The van der Waals surface area contributed by atoms with Gasteiger partial charge in [0.2, 0.25) is 0 Å². The van der Waals surface area contributed by atoms with Gasteiger partial charge in [-0.05, 0) is 29.7 Å². The number of nitrogens with zero attached hydrogens (tertiary/aromatic N) is 1. The summed E-state index contributed by atoms with van der Waals surface area (Å²) in [5.74, 6) is 0.682. The highest BCUT2D eigenvalue weighted by Crippen LogP contribution is 2.34. The molecule has 0 saturated carbocycles. The molecular weight excluding hydrogens is 300 g/mol. The molecule has 0 atom stereocenters. The normalized spacial score (nSPS) is 13.2. The molecule has 1 aliphatic heterocycles. The van der Waals surface area contributed by atoms with Crippen LogP contribution in [0.5, 0.6) is 5.75 Å². The van der Waals surface area contributed by atoms with Crippen molar-refractivity contribution in [2.75, 3.05) is 23.4 Å². The molecule has 0 saturated heterocycles. The number of ether oxygens (including phenoxy) is 1. The molecular formula is C20H22N2O2. The fourth-order valence-electron chi connectivity index (χ4n) is 2.74. The van der Waals surface area contributed by atoms with E-state index >= 15 is 0 Å². The number of hydrogen-bond donors (Lipinski definition) is 1. The molecule has 1 N–H and O–H groups in total. The van der Waals surface area contributed by atoms with Crippen LogP contribution in [0.3, 0.4) is 0 Å². The van der Waals surface area contributed by atoms with Gasteiger partial charge in [0, 0.05) is 24.8 Å². The average Bonchev–Trinajstić information content (AvgIpc) is 2.63. The summed E-state index contributed by atoms with van der Waals surface area (Å²) in [4.78, 5) is 13.6. The number of hydrogen-bond acceptors (Lipinski definition) is 3. The van der Waals surface area contributed by atoms with Crippen molar-refractivity contribution in [3.63, 3.8) is 0 Å². The van der Waals surface area contributed by atoms with Crippen LogP contribution in [0.2, 0.25) is 0 Å². The van der Waals surface area contributed by atoms with E-state index in [2.05, 4.69) is 43.1 Å². The Kier molecular flexibility index (Phi) is 4.85. The van der Waals surface area contributed by atoms with Gasteiger partial charge in [-0.1, -0.05) is 37.3 Å². The Morgan fingerprint density at radius 3 is 2.67 bits per heavy atom. The molecule has 1 aliphatic rings. The Balaban J connectivity index is 1.71. The first-order valence-corrected chi connectivity index (χ1v) is 8.21. The van der Waals surface area contributed by atoms with Crippen molar-refractivity contribution < 1.29 is 9.53 Å². The largest absolute Gasteiger partial charge is 0.481 e. The summed E-state index contributed by atoms with van der Waals surface area (Å²) in [6.45, 7) is 7.17. The van der Waals surface area contributed by atoms with Gasteiger partial charge in [0.1, 0.15) is 5.75 Å². The maximum atomic E-state index is 11.9. The lowest BCUT2D eigenvalue weighted by atomic mass is 10.1. The lowest BCUT2D eigenvalue weighted by Gasteiger charge is -2.28. The summed E-state index contributed by atoms with van der Waals surface area (Å²) in [5.41, 5.74) is 4.34. The number of rotatable bonds is 6. The third-order valence-electron chi connectivity index (χ3n) is 4.14. The number of benzene rings is 2. The number of fused-ring (bicyclic) bond motifs is 1. The Hall–Kier alpha value is -2.75. The van der Waals surface area contributed by atoms with Gasteiger partial charge in [-0.3, -0.25) is 4.79 Å². The van der Waals surface area contributed by atoms with E-state index in [9.17, 15) is 4.79 Å². The molecule has 0 aliphatic carbocycles. The minimum Gasteiger partial charge on any atom is -0.481 e. The van der Waals surface area contributed by atoms with Crippen molar-refractivity contribution in [2.45, 2.75) is 19.9 Å². The van der Waals surface area contributed by atoms with Crippen molar-refractivity contribution in [1.82, 2.24) is 0 Å². The molecule has 1 heterocycles. The van der Waals surface area contributed by atoms with Crippen molar-refractivity contribution in [3.05, 3.63) is 66.2 Å². The number of aryl methyl sites for hydroxylation is 1. The molecule has 2 aromatic carbocycles. The SMILES string of the molecule is C=CCN1C(=O)COc2cc(NCc3ccc(CC)cc3)ccc21. The highest BCUT2D eigenvalue weighted by Gasteiger charge is 2.24. The Morgan fingerprint density at radius 2 is 1.96 bits per heavy atom. The third kappa shape index (κ3) is 3.43. The highest BCUT2D eigenvalue weighted by atomic mass is 16.5. The first kappa shape index (κ1) is 16.1. The van der Waals surface area contributed by atoms with Gasteiger partial charge < -0.3 is 15.0 Å². The van der Waals surface area contributed by atoms with Crippen molar-refractivity contribution in [1.29, 1.82) is 0 Å². The summed E-state index contributed by atoms with van der Waals surface area (Å²) >= 11 is 0. The summed E-state index contributed by atoms with van der Waals surface area (Å²) in [5, 5.41) is 3.40. The van der Waals surface area contributed by atoms with Crippen molar-refractivity contribution in [3.8, 4) is 5.75 Å². The molecule has 2 aromatic rings. The van der Waals surface area contributed by atoms with E-state index in [1.54, 1.807) is 11.0 Å². The van der Waals surface area contributed by atoms with Gasteiger partial charge in [0.05, 0.1) is 5.69 Å². The second-order valence-corrected chi connectivity index (χ2v) is 5.79. The third-order valence-corrected chi connectivity index (χ3v) is 4.14. The minimum absolute atomic E-state index is 0.0425. The van der Waals surface area contributed by atoms with Crippen LogP contribution in [-0.2, 0) is 17.8 Å². The Bertz CT molecular complexity index is 738. The smallest absolute Gasteiger partial charge is 0.265 e. The molecule has 0 unspecified atom stereocenters. The van der Waals surface area contributed by atoms with Crippen LogP contribution in [0.1, 0.15) is 18.1 Å². The number of amides is 1. The van der Waals surface area contributed by atoms with E-state index in [4.69, 9.17) is 4.74 Å². The zero-order chi connectivity index (χ0) is 16.9. The summed E-state index contributed by atoms with van der Waals surface area (Å²) < 4.78 is 5.57. The topological polar surface area (TPSA) is 41.6 Å². The van der Waals surface area contributed by atoms with E-state index in [1.807, 2.05) is 18.2 Å². The monoisotopic (exact) mass is 322 g/mol. The molecule has 4 nitrogen and oxygen atoms in total. The Morgan fingerprint density at radius 1 is 1.21 bits per heavy atom. The average molecular weight is 322 g/mol. The second kappa shape index (κ2) is 7.21. The summed E-state index contributed by atoms with van der Waals surface area (Å²) in [6.07, 6.45) is 2.77. The van der Waals surface area contributed by atoms with E-state index in [0.29, 0.717) is 6.54 Å². The number of anilines is 2. The maximum absolute atomic E-state index is 11.9. The second-order valence-electron chi connectivity index (χ2n) is 5.79. The first-order valence-electron chi connectivity index (χ1n) is 8.21. The molecule has 0 fully saturated rings. The van der Waals surface area contributed by atoms with Gasteiger partial charge in [0.25, 0.3) is 5.91 Å². The number of carbonyl (C=O) groups is 1. The summed E-state index contributed by atoms with van der Waals surface area (Å²) in [7, 11) is 0. The van der Waals surface area contributed by atoms with Crippen LogP contribution in [0.4, 0.5) is 11.4 Å². The van der Waals surface area contributed by atoms with E-state index in [1.165, 1.54) is 11.1 Å². The van der Waals surface area contributed by atoms with Crippen molar-refractivity contribution >= 4 is 17.3 Å². The van der Waals surface area contributed by atoms with Gasteiger partial charge in [0.15, 0.2) is 6.61 Å². The van der Waals surface area contributed by atoms with Crippen LogP contribution in [0, 0.1) is 0 Å². The molecule has 3 rings (SSSR count). The molecule has 24 heavy (non-hydrogen) atoms. The fourth-order valence-corrected chi connectivity index (χ4v) is 2.74. The molecule has 0 aromatic heterocycles. The zero-order valence-corrected chi connectivity index (χ0v) is 13.9. The van der Waals surface area contributed by atoms with E-state index < -0.39 is 0 Å². The van der Waals surface area contributed by atoms with Gasteiger partial charge in [-0.25, -0.2) is 0 Å². The zero-order valence-electron chi connectivity index (χ0n) is 13.9. The van der Waals surface area contributed by atoms with Gasteiger partial charge in [-0.2, -0.15) is 0 Å². The maximum Gasteiger partial charge on any atom is 0.265 e. The quantitative estimate of drug-likeness (QED) is 0.823.